The summed E-state index contributed by atoms with van der Waals surface area (Å²) in [6.07, 6.45) is 0.882. The minimum Gasteiger partial charge on any atom is -0.378 e. The van der Waals surface area contributed by atoms with Gasteiger partial charge in [-0.1, -0.05) is 0 Å². The topological polar surface area (TPSA) is 57.8 Å². The zero-order valence-corrected chi connectivity index (χ0v) is 15.9. The average molecular weight is 349 g/mol. The molecule has 0 aromatic carbocycles. The van der Waals surface area contributed by atoms with E-state index in [-0.39, 0.29) is 24.0 Å². The predicted octanol–water partition coefficient (Wildman–Crippen LogP) is 1.72. The Morgan fingerprint density at radius 2 is 2.16 bits per heavy atom. The van der Waals surface area contributed by atoms with E-state index in [1.165, 1.54) is 5.56 Å². The Hall–Kier alpha value is -1.37. The average Bonchev–Trinajstić information content (AvgIpc) is 3.11. The van der Waals surface area contributed by atoms with Crippen molar-refractivity contribution in [2.24, 2.45) is 5.92 Å². The molecule has 3 atom stereocenters. The standard InChI is InChI=1S/C19H31N3O3/c1-13-9-16(14(2)20-13)10-22(12-17-11-21(4)6-8-25-17)19(23)18-5-7-24-15(18)3/h9,15,17-18,20H,5-8,10-12H2,1-4H3/t15-,17-,18-/m0/s1. The number of H-pyrrole nitrogens is 1. The van der Waals surface area contributed by atoms with Crippen LogP contribution in [0.2, 0.25) is 0 Å². The predicted molar refractivity (Wildman–Crippen MR) is 96.4 cm³/mol. The normalized spacial score (nSPS) is 27.6. The van der Waals surface area contributed by atoms with Crippen LogP contribution in [-0.2, 0) is 20.8 Å². The Morgan fingerprint density at radius 3 is 2.76 bits per heavy atom. The fourth-order valence-electron chi connectivity index (χ4n) is 3.90. The molecule has 1 amide bonds. The molecule has 1 aromatic rings. The van der Waals surface area contributed by atoms with Gasteiger partial charge in [0.15, 0.2) is 0 Å². The van der Waals surface area contributed by atoms with E-state index in [2.05, 4.69) is 36.8 Å². The number of aromatic amines is 1. The number of aromatic nitrogens is 1. The SMILES string of the molecule is Cc1cc(CN(C[C@@H]2CN(C)CCO2)C(=O)[C@H]2CCO[C@H]2C)c(C)[nH]1. The number of carbonyl (C=O) groups is 1. The van der Waals surface area contributed by atoms with E-state index in [0.29, 0.717) is 19.7 Å². The molecular formula is C19H31N3O3. The van der Waals surface area contributed by atoms with E-state index < -0.39 is 0 Å². The van der Waals surface area contributed by atoms with Crippen LogP contribution in [0.25, 0.3) is 0 Å². The molecule has 2 aliphatic rings. The number of nitrogens with one attached hydrogen (secondary N) is 1. The van der Waals surface area contributed by atoms with Crippen LogP contribution < -0.4 is 0 Å². The van der Waals surface area contributed by atoms with Crippen molar-refractivity contribution in [3.05, 3.63) is 23.0 Å². The van der Waals surface area contributed by atoms with Crippen molar-refractivity contribution in [2.75, 3.05) is 39.9 Å². The first-order valence-electron chi connectivity index (χ1n) is 9.29. The maximum atomic E-state index is 13.2. The molecule has 0 bridgehead atoms. The van der Waals surface area contributed by atoms with Gasteiger partial charge in [-0.25, -0.2) is 0 Å². The molecule has 140 valence electrons. The molecule has 3 rings (SSSR count). The first-order chi connectivity index (χ1) is 11.9. The smallest absolute Gasteiger partial charge is 0.228 e. The second-order valence-electron chi connectivity index (χ2n) is 7.55. The lowest BCUT2D eigenvalue weighted by atomic mass is 10.00. The van der Waals surface area contributed by atoms with Crippen molar-refractivity contribution in [3.8, 4) is 0 Å². The maximum absolute atomic E-state index is 13.2. The van der Waals surface area contributed by atoms with Crippen molar-refractivity contribution in [1.29, 1.82) is 0 Å². The van der Waals surface area contributed by atoms with Gasteiger partial charge in [-0.05, 0) is 45.9 Å². The summed E-state index contributed by atoms with van der Waals surface area (Å²) >= 11 is 0. The maximum Gasteiger partial charge on any atom is 0.228 e. The minimum atomic E-state index is -0.0401. The van der Waals surface area contributed by atoms with E-state index in [9.17, 15) is 4.79 Å². The van der Waals surface area contributed by atoms with E-state index in [0.717, 1.165) is 37.5 Å². The molecule has 0 saturated carbocycles. The zero-order chi connectivity index (χ0) is 18.0. The highest BCUT2D eigenvalue weighted by Gasteiger charge is 2.35. The molecule has 1 aromatic heterocycles. The van der Waals surface area contributed by atoms with Gasteiger partial charge in [0.1, 0.15) is 0 Å². The number of rotatable bonds is 5. The molecule has 0 unspecified atom stereocenters. The number of hydrogen-bond donors (Lipinski definition) is 1. The molecule has 2 aliphatic heterocycles. The first kappa shape index (κ1) is 18.4. The number of aryl methyl sites for hydroxylation is 2. The highest BCUT2D eigenvalue weighted by Crippen LogP contribution is 2.25. The zero-order valence-electron chi connectivity index (χ0n) is 15.9. The van der Waals surface area contributed by atoms with Crippen LogP contribution in [0.4, 0.5) is 0 Å². The summed E-state index contributed by atoms with van der Waals surface area (Å²) in [7, 11) is 2.11. The highest BCUT2D eigenvalue weighted by molar-refractivity contribution is 5.79. The highest BCUT2D eigenvalue weighted by atomic mass is 16.5. The Bertz CT molecular complexity index is 601. The van der Waals surface area contributed by atoms with Gasteiger partial charge in [0.05, 0.1) is 24.7 Å². The van der Waals surface area contributed by atoms with Gasteiger partial charge in [-0.15, -0.1) is 0 Å². The summed E-state index contributed by atoms with van der Waals surface area (Å²) in [6.45, 7) is 10.6. The Balaban J connectivity index is 1.75. The number of ether oxygens (including phenoxy) is 2. The van der Waals surface area contributed by atoms with Gasteiger partial charge >= 0.3 is 0 Å². The molecule has 2 fully saturated rings. The summed E-state index contributed by atoms with van der Waals surface area (Å²) in [5.41, 5.74) is 3.44. The third-order valence-electron chi connectivity index (χ3n) is 5.39. The van der Waals surface area contributed by atoms with Crippen LogP contribution in [0.3, 0.4) is 0 Å². The summed E-state index contributed by atoms with van der Waals surface area (Å²) in [5.74, 6) is 0.154. The van der Waals surface area contributed by atoms with Crippen LogP contribution in [0.15, 0.2) is 6.07 Å². The van der Waals surface area contributed by atoms with Crippen molar-refractivity contribution in [1.82, 2.24) is 14.8 Å². The number of likely N-dealkylation sites (N-methyl/N-ethyl adjacent to an activating group) is 1. The number of morpholine rings is 1. The molecule has 0 radical (unpaired) electrons. The van der Waals surface area contributed by atoms with Crippen LogP contribution in [-0.4, -0.2) is 72.8 Å². The molecular weight excluding hydrogens is 318 g/mol. The summed E-state index contributed by atoms with van der Waals surface area (Å²) in [6, 6.07) is 2.14. The number of amides is 1. The van der Waals surface area contributed by atoms with Gasteiger partial charge < -0.3 is 24.3 Å². The van der Waals surface area contributed by atoms with Crippen molar-refractivity contribution < 1.29 is 14.3 Å². The fraction of sp³-hybridized carbons (Fsp3) is 0.737. The lowest BCUT2D eigenvalue weighted by Crippen LogP contribution is -2.49. The molecule has 0 spiro atoms. The second-order valence-corrected chi connectivity index (χ2v) is 7.55. The van der Waals surface area contributed by atoms with Gasteiger partial charge in [0.2, 0.25) is 5.91 Å². The van der Waals surface area contributed by atoms with Crippen molar-refractivity contribution in [3.63, 3.8) is 0 Å². The monoisotopic (exact) mass is 349 g/mol. The molecule has 0 aliphatic carbocycles. The van der Waals surface area contributed by atoms with Crippen LogP contribution in [0.5, 0.6) is 0 Å². The van der Waals surface area contributed by atoms with Gasteiger partial charge in [-0.2, -0.15) is 0 Å². The first-order valence-corrected chi connectivity index (χ1v) is 9.29. The molecule has 6 heteroatoms. The Kier molecular flexibility index (Phi) is 5.81. The fourth-order valence-corrected chi connectivity index (χ4v) is 3.90. The number of nitrogens with zero attached hydrogens (tertiary/aromatic N) is 2. The second kappa shape index (κ2) is 7.89. The number of hydrogen-bond acceptors (Lipinski definition) is 4. The van der Waals surface area contributed by atoms with Crippen LogP contribution in [0, 0.1) is 19.8 Å². The van der Waals surface area contributed by atoms with Gasteiger partial charge in [0, 0.05) is 44.2 Å². The Labute approximate surface area is 150 Å². The van der Waals surface area contributed by atoms with Crippen molar-refractivity contribution >= 4 is 5.91 Å². The third kappa shape index (κ3) is 4.43. The molecule has 25 heavy (non-hydrogen) atoms. The molecule has 2 saturated heterocycles. The Morgan fingerprint density at radius 1 is 1.36 bits per heavy atom. The third-order valence-corrected chi connectivity index (χ3v) is 5.39. The van der Waals surface area contributed by atoms with Gasteiger partial charge in [-0.3, -0.25) is 4.79 Å². The van der Waals surface area contributed by atoms with E-state index >= 15 is 0 Å². The number of carbonyl (C=O) groups excluding carboxylic acids is 1. The molecule has 1 N–H and O–H groups in total. The van der Waals surface area contributed by atoms with Crippen molar-refractivity contribution in [2.45, 2.75) is 45.9 Å². The summed E-state index contributed by atoms with van der Waals surface area (Å²) < 4.78 is 11.5. The molecule has 6 nitrogen and oxygen atoms in total. The lowest BCUT2D eigenvalue weighted by Gasteiger charge is -2.35. The van der Waals surface area contributed by atoms with Crippen LogP contribution >= 0.6 is 0 Å². The summed E-state index contributed by atoms with van der Waals surface area (Å²) in [4.78, 5) is 20.8. The van der Waals surface area contributed by atoms with Gasteiger partial charge in [0.25, 0.3) is 0 Å². The van der Waals surface area contributed by atoms with E-state index in [1.54, 1.807) is 0 Å². The van der Waals surface area contributed by atoms with E-state index in [4.69, 9.17) is 9.47 Å². The minimum absolute atomic E-state index is 0.000921. The lowest BCUT2D eigenvalue weighted by molar-refractivity contribution is -0.141. The molecule has 3 heterocycles. The largest absolute Gasteiger partial charge is 0.378 e. The quantitative estimate of drug-likeness (QED) is 0.879. The van der Waals surface area contributed by atoms with E-state index in [1.807, 2.05) is 11.8 Å². The van der Waals surface area contributed by atoms with Crippen LogP contribution in [0.1, 0.15) is 30.3 Å². The summed E-state index contributed by atoms with van der Waals surface area (Å²) in [5, 5.41) is 0.